The van der Waals surface area contributed by atoms with Gasteiger partial charge in [-0.3, -0.25) is 10.8 Å². The zero-order valence-electron chi connectivity index (χ0n) is 16.7. The fraction of sp³-hybridized carbons (Fsp3) is 0.0870. The highest BCUT2D eigenvalue weighted by atomic mass is 16.5. The standard InChI is InChI=1S/C23H21N5O3/c1-30-23(29)19-7-6-18(31-19)20(16-11-28-17-5-3-2-4-15(16)17)12-8-13(21(24)25)10-14(9-12)22(26)27/h2-11,20,28H,1H3,(H3,24,25)(H3,26,27). The van der Waals surface area contributed by atoms with E-state index in [1.165, 1.54) is 7.11 Å². The summed E-state index contributed by atoms with van der Waals surface area (Å²) < 4.78 is 10.6. The first-order valence-electron chi connectivity index (χ1n) is 9.47. The molecule has 0 aliphatic rings. The van der Waals surface area contributed by atoms with Gasteiger partial charge in [0.2, 0.25) is 5.76 Å². The molecule has 2 aromatic carbocycles. The van der Waals surface area contributed by atoms with Crippen LogP contribution in [0.25, 0.3) is 10.9 Å². The first-order valence-corrected chi connectivity index (χ1v) is 9.47. The summed E-state index contributed by atoms with van der Waals surface area (Å²) in [7, 11) is 1.29. The fourth-order valence-corrected chi connectivity index (χ4v) is 3.68. The molecule has 0 saturated heterocycles. The van der Waals surface area contributed by atoms with Gasteiger partial charge < -0.3 is 25.6 Å². The first kappa shape index (κ1) is 20.0. The van der Waals surface area contributed by atoms with Crippen LogP contribution < -0.4 is 11.5 Å². The van der Waals surface area contributed by atoms with Crippen LogP contribution in [0.1, 0.15) is 44.5 Å². The third-order valence-corrected chi connectivity index (χ3v) is 5.14. The van der Waals surface area contributed by atoms with Crippen molar-refractivity contribution in [2.45, 2.75) is 5.92 Å². The summed E-state index contributed by atoms with van der Waals surface area (Å²) >= 11 is 0. The van der Waals surface area contributed by atoms with Crippen LogP contribution in [0.2, 0.25) is 0 Å². The van der Waals surface area contributed by atoms with Crippen molar-refractivity contribution in [3.8, 4) is 0 Å². The Morgan fingerprint density at radius 2 is 1.71 bits per heavy atom. The Kier molecular flexibility index (Phi) is 5.04. The number of methoxy groups -OCH3 is 1. The Morgan fingerprint density at radius 3 is 2.35 bits per heavy atom. The highest BCUT2D eigenvalue weighted by Crippen LogP contribution is 2.38. The monoisotopic (exact) mass is 415 g/mol. The van der Waals surface area contributed by atoms with Gasteiger partial charge in [-0.1, -0.05) is 18.2 Å². The maximum Gasteiger partial charge on any atom is 0.373 e. The molecule has 0 bridgehead atoms. The van der Waals surface area contributed by atoms with E-state index < -0.39 is 11.9 Å². The molecule has 156 valence electrons. The molecule has 0 amide bonds. The highest BCUT2D eigenvalue weighted by molar-refractivity contribution is 6.01. The molecule has 2 heterocycles. The van der Waals surface area contributed by atoms with Crippen molar-refractivity contribution in [1.82, 2.24) is 4.98 Å². The zero-order valence-corrected chi connectivity index (χ0v) is 16.7. The normalized spacial score (nSPS) is 11.9. The zero-order chi connectivity index (χ0) is 22.1. The number of aromatic amines is 1. The van der Waals surface area contributed by atoms with E-state index in [2.05, 4.69) is 4.98 Å². The number of carbonyl (C=O) groups is 1. The van der Waals surface area contributed by atoms with Crippen LogP contribution in [0.4, 0.5) is 0 Å². The number of para-hydroxylation sites is 1. The summed E-state index contributed by atoms with van der Waals surface area (Å²) in [5, 5.41) is 16.7. The number of benzene rings is 2. The van der Waals surface area contributed by atoms with Crippen molar-refractivity contribution in [2.24, 2.45) is 11.5 Å². The third-order valence-electron chi connectivity index (χ3n) is 5.14. The van der Waals surface area contributed by atoms with Crippen LogP contribution in [0, 0.1) is 10.8 Å². The van der Waals surface area contributed by atoms with E-state index in [1.54, 1.807) is 30.3 Å². The number of hydrogen-bond acceptors (Lipinski definition) is 5. The quantitative estimate of drug-likeness (QED) is 0.186. The largest absolute Gasteiger partial charge is 0.463 e. The molecule has 1 unspecified atom stereocenters. The molecule has 0 saturated carbocycles. The maximum atomic E-state index is 12.0. The smallest absolute Gasteiger partial charge is 0.373 e. The first-order chi connectivity index (χ1) is 14.9. The van der Waals surface area contributed by atoms with E-state index in [4.69, 9.17) is 31.4 Å². The number of nitrogen functional groups attached to an aromatic ring is 2. The van der Waals surface area contributed by atoms with Crippen molar-refractivity contribution < 1.29 is 13.9 Å². The number of rotatable bonds is 6. The van der Waals surface area contributed by atoms with Gasteiger partial charge in [-0.2, -0.15) is 0 Å². The van der Waals surface area contributed by atoms with Crippen LogP contribution >= 0.6 is 0 Å². The van der Waals surface area contributed by atoms with E-state index >= 15 is 0 Å². The van der Waals surface area contributed by atoms with Crippen LogP contribution in [0.15, 0.2) is 65.2 Å². The van der Waals surface area contributed by atoms with Crippen LogP contribution in [0.5, 0.6) is 0 Å². The number of esters is 1. The molecule has 8 nitrogen and oxygen atoms in total. The minimum absolute atomic E-state index is 0.0804. The van der Waals surface area contributed by atoms with Gasteiger partial charge in [0, 0.05) is 28.2 Å². The minimum Gasteiger partial charge on any atom is -0.463 e. The van der Waals surface area contributed by atoms with Gasteiger partial charge >= 0.3 is 5.97 Å². The minimum atomic E-state index is -0.578. The lowest BCUT2D eigenvalue weighted by atomic mass is 9.86. The molecule has 31 heavy (non-hydrogen) atoms. The van der Waals surface area contributed by atoms with E-state index in [0.29, 0.717) is 22.5 Å². The van der Waals surface area contributed by atoms with Gasteiger partial charge in [-0.15, -0.1) is 0 Å². The molecule has 0 radical (unpaired) electrons. The van der Waals surface area contributed by atoms with Crippen LogP contribution in [-0.2, 0) is 4.74 Å². The van der Waals surface area contributed by atoms with E-state index in [1.807, 2.05) is 30.5 Å². The van der Waals surface area contributed by atoms with Crippen molar-refractivity contribution >= 4 is 28.5 Å². The average molecular weight is 415 g/mol. The summed E-state index contributed by atoms with van der Waals surface area (Å²) in [6, 6.07) is 16.2. The summed E-state index contributed by atoms with van der Waals surface area (Å²) in [6.45, 7) is 0. The van der Waals surface area contributed by atoms with Gasteiger partial charge in [0.25, 0.3) is 0 Å². The number of fused-ring (bicyclic) bond motifs is 1. The number of ether oxygens (including phenoxy) is 1. The summed E-state index contributed by atoms with van der Waals surface area (Å²) in [5.74, 6) is -0.733. The van der Waals surface area contributed by atoms with Gasteiger partial charge in [-0.25, -0.2) is 4.79 Å². The number of H-pyrrole nitrogens is 1. The fourth-order valence-electron chi connectivity index (χ4n) is 3.68. The van der Waals surface area contributed by atoms with Crippen molar-refractivity contribution in [1.29, 1.82) is 10.8 Å². The van der Waals surface area contributed by atoms with Gasteiger partial charge in [0.15, 0.2) is 0 Å². The lowest BCUT2D eigenvalue weighted by Crippen LogP contribution is -2.17. The van der Waals surface area contributed by atoms with Crippen molar-refractivity contribution in [3.63, 3.8) is 0 Å². The van der Waals surface area contributed by atoms with Gasteiger partial charge in [0.1, 0.15) is 17.4 Å². The molecular weight excluding hydrogens is 394 g/mol. The van der Waals surface area contributed by atoms with E-state index in [0.717, 1.165) is 16.5 Å². The molecule has 0 spiro atoms. The molecule has 7 N–H and O–H groups in total. The number of aromatic nitrogens is 1. The second kappa shape index (κ2) is 7.83. The topological polar surface area (TPSA) is 155 Å². The van der Waals surface area contributed by atoms with Gasteiger partial charge in [-0.05, 0) is 47.5 Å². The molecule has 1 atom stereocenters. The third kappa shape index (κ3) is 3.66. The Balaban J connectivity index is 1.97. The molecule has 4 aromatic rings. The number of carbonyl (C=O) groups excluding carboxylic acids is 1. The number of furan rings is 1. The summed E-state index contributed by atoms with van der Waals surface area (Å²) in [5.41, 5.74) is 14.9. The number of nitrogens with two attached hydrogens (primary N) is 2. The maximum absolute atomic E-state index is 12.0. The molecule has 2 aromatic heterocycles. The lowest BCUT2D eigenvalue weighted by Gasteiger charge is -2.18. The second-order valence-electron chi connectivity index (χ2n) is 7.09. The molecule has 0 aliphatic carbocycles. The van der Waals surface area contributed by atoms with Crippen molar-refractivity contribution in [2.75, 3.05) is 7.11 Å². The number of nitrogens with one attached hydrogen (secondary N) is 3. The van der Waals surface area contributed by atoms with E-state index in [9.17, 15) is 4.79 Å². The number of amidine groups is 2. The molecule has 8 heteroatoms. The van der Waals surface area contributed by atoms with E-state index in [-0.39, 0.29) is 17.4 Å². The molecule has 0 aliphatic heterocycles. The SMILES string of the molecule is COC(=O)c1ccc(C(c2cc(C(=N)N)cc(C(=N)N)c2)c2c[nH]c3ccccc23)o1. The van der Waals surface area contributed by atoms with Gasteiger partial charge in [0.05, 0.1) is 13.0 Å². The lowest BCUT2D eigenvalue weighted by molar-refractivity contribution is 0.0563. The Bertz CT molecular complexity index is 1290. The highest BCUT2D eigenvalue weighted by Gasteiger charge is 2.26. The average Bonchev–Trinajstić information content (AvgIpc) is 3.41. The molecule has 4 rings (SSSR count). The summed E-state index contributed by atoms with van der Waals surface area (Å²) in [6.07, 6.45) is 1.88. The van der Waals surface area contributed by atoms with Crippen LogP contribution in [0.3, 0.4) is 0 Å². The van der Waals surface area contributed by atoms with Crippen molar-refractivity contribution in [3.05, 3.63) is 94.6 Å². The predicted octanol–water partition coefficient (Wildman–Crippen LogP) is 3.30. The molecular formula is C23H21N5O3. The Morgan fingerprint density at radius 1 is 1.03 bits per heavy atom. The molecule has 0 fully saturated rings. The Labute approximate surface area is 177 Å². The Hall–Kier alpha value is -4.33. The van der Waals surface area contributed by atoms with Crippen LogP contribution in [-0.4, -0.2) is 29.7 Å². The number of hydrogen-bond donors (Lipinski definition) is 5. The second-order valence-corrected chi connectivity index (χ2v) is 7.09. The summed E-state index contributed by atoms with van der Waals surface area (Å²) in [4.78, 5) is 15.2. The predicted molar refractivity (Wildman–Crippen MR) is 118 cm³/mol.